The number of hydrogen-bond donors (Lipinski definition) is 0. The third kappa shape index (κ3) is 5.12. The van der Waals surface area contributed by atoms with Gasteiger partial charge in [0.05, 0.1) is 25.8 Å². The van der Waals surface area contributed by atoms with E-state index in [9.17, 15) is 0 Å². The van der Waals surface area contributed by atoms with E-state index in [4.69, 9.17) is 9.97 Å². The molecule has 2 aromatic heterocycles. The topological polar surface area (TPSA) is 25.8 Å². The molecule has 4 heteroatoms. The maximum absolute atomic E-state index is 5.19. The average Bonchev–Trinajstić information content (AvgIpc) is 3.83. The lowest BCUT2D eigenvalue weighted by atomic mass is 9.52. The van der Waals surface area contributed by atoms with Gasteiger partial charge in [0.15, 0.2) is 0 Å². The Morgan fingerprint density at radius 1 is 0.400 bits per heavy atom. The Balaban J connectivity index is 1.21. The first-order valence-corrected chi connectivity index (χ1v) is 20.6. The van der Waals surface area contributed by atoms with Gasteiger partial charge in [-0.25, -0.2) is 9.97 Å². The molecule has 1 aliphatic carbocycles. The van der Waals surface area contributed by atoms with Crippen LogP contribution in [0.2, 0.25) is 0 Å². The number of hydrogen-bond acceptors (Lipinski definition) is 4. The SMILES string of the molecule is Cc1cc2nc(-c3cccc(C4(C)c5ccccc5C(c5ccccc5)(c5cccc(-c6nc7cc(C)c(C)cc7s6)c5)c5ccccc54)c3)sc2cc1C. The maximum Gasteiger partial charge on any atom is 0.124 e. The van der Waals surface area contributed by atoms with Crippen molar-refractivity contribution in [1.82, 2.24) is 9.97 Å². The number of fused-ring (bicyclic) bond motifs is 4. The summed E-state index contributed by atoms with van der Waals surface area (Å²) < 4.78 is 2.46. The van der Waals surface area contributed by atoms with Crippen molar-refractivity contribution >= 4 is 43.1 Å². The second kappa shape index (κ2) is 12.7. The quantitative estimate of drug-likeness (QED) is 0.175. The zero-order chi connectivity index (χ0) is 37.5. The van der Waals surface area contributed by atoms with E-state index < -0.39 is 10.8 Å². The fourth-order valence-corrected chi connectivity index (χ4v) is 11.1. The summed E-state index contributed by atoms with van der Waals surface area (Å²) in [5.41, 5.74) is 17.5. The summed E-state index contributed by atoms with van der Waals surface area (Å²) in [7, 11) is 0. The fraction of sp³-hybridized carbons (Fsp3) is 0.137. The Hall–Kier alpha value is -5.68. The summed E-state index contributed by atoms with van der Waals surface area (Å²) in [6.45, 7) is 11.1. The molecular weight excluding hydrogens is 705 g/mol. The highest BCUT2D eigenvalue weighted by molar-refractivity contribution is 7.22. The van der Waals surface area contributed by atoms with Crippen LogP contribution >= 0.6 is 22.7 Å². The minimum Gasteiger partial charge on any atom is -0.236 e. The number of rotatable bonds is 5. The van der Waals surface area contributed by atoms with Crippen molar-refractivity contribution in [2.24, 2.45) is 0 Å². The molecule has 0 radical (unpaired) electrons. The minimum atomic E-state index is -0.575. The predicted octanol–water partition coefficient (Wildman–Crippen LogP) is 13.5. The van der Waals surface area contributed by atoms with E-state index in [0.717, 1.165) is 32.2 Å². The molecule has 0 atom stereocenters. The third-order valence-corrected chi connectivity index (χ3v) is 14.3. The van der Waals surface area contributed by atoms with Gasteiger partial charge in [0.2, 0.25) is 0 Å². The lowest BCUT2D eigenvalue weighted by Gasteiger charge is -2.49. The largest absolute Gasteiger partial charge is 0.236 e. The van der Waals surface area contributed by atoms with E-state index in [2.05, 4.69) is 186 Å². The predicted molar refractivity (Wildman–Crippen MR) is 233 cm³/mol. The van der Waals surface area contributed by atoms with E-state index in [1.54, 1.807) is 22.7 Å². The summed E-state index contributed by atoms with van der Waals surface area (Å²) in [6.07, 6.45) is 0. The van der Waals surface area contributed by atoms with Crippen molar-refractivity contribution in [2.45, 2.75) is 45.4 Å². The smallest absolute Gasteiger partial charge is 0.124 e. The summed E-state index contributed by atoms with van der Waals surface area (Å²) in [4.78, 5) is 10.3. The van der Waals surface area contributed by atoms with E-state index in [0.29, 0.717) is 0 Å². The maximum atomic E-state index is 5.19. The molecule has 0 saturated heterocycles. The lowest BCUT2D eigenvalue weighted by Crippen LogP contribution is -2.43. The molecule has 9 aromatic rings. The first-order valence-electron chi connectivity index (χ1n) is 19.0. The zero-order valence-corrected chi connectivity index (χ0v) is 33.3. The van der Waals surface area contributed by atoms with Crippen LogP contribution in [0.4, 0.5) is 0 Å². The molecule has 7 aromatic carbocycles. The first-order chi connectivity index (χ1) is 26.7. The van der Waals surface area contributed by atoms with Crippen molar-refractivity contribution in [2.75, 3.05) is 0 Å². The van der Waals surface area contributed by atoms with Gasteiger partial charge < -0.3 is 0 Å². The number of nitrogens with zero attached hydrogens (tertiary/aromatic N) is 2. The van der Waals surface area contributed by atoms with Gasteiger partial charge in [-0.05, 0) is 132 Å². The molecule has 1 aliphatic rings. The van der Waals surface area contributed by atoms with Crippen LogP contribution in [0.5, 0.6) is 0 Å². The Morgan fingerprint density at radius 3 is 1.35 bits per heavy atom. The molecule has 0 N–H and O–H groups in total. The molecule has 2 heterocycles. The van der Waals surface area contributed by atoms with Gasteiger partial charge in [-0.2, -0.15) is 0 Å². The van der Waals surface area contributed by atoms with Gasteiger partial charge in [0, 0.05) is 16.5 Å². The average molecular weight is 745 g/mol. The summed E-state index contributed by atoms with van der Waals surface area (Å²) >= 11 is 3.56. The molecule has 0 bridgehead atoms. The van der Waals surface area contributed by atoms with Crippen LogP contribution < -0.4 is 0 Å². The second-order valence-electron chi connectivity index (χ2n) is 15.3. The number of aromatic nitrogens is 2. The number of thiazole rings is 2. The zero-order valence-electron chi connectivity index (χ0n) is 31.6. The van der Waals surface area contributed by atoms with Crippen LogP contribution in [0.25, 0.3) is 41.6 Å². The highest BCUT2D eigenvalue weighted by atomic mass is 32.1. The van der Waals surface area contributed by atoms with Gasteiger partial charge in [-0.3, -0.25) is 0 Å². The number of benzene rings is 7. The molecule has 55 heavy (non-hydrogen) atoms. The van der Waals surface area contributed by atoms with E-state index in [-0.39, 0.29) is 0 Å². The van der Waals surface area contributed by atoms with Crippen LogP contribution in [0, 0.1) is 27.7 Å². The van der Waals surface area contributed by atoms with E-state index >= 15 is 0 Å². The van der Waals surface area contributed by atoms with Gasteiger partial charge in [0.25, 0.3) is 0 Å². The normalized spacial score (nSPS) is 17.7. The second-order valence-corrected chi connectivity index (χ2v) is 17.4. The Morgan fingerprint density at radius 2 is 0.818 bits per heavy atom. The van der Waals surface area contributed by atoms with Gasteiger partial charge in [0.1, 0.15) is 10.0 Å². The molecule has 0 spiro atoms. The summed E-state index contributed by atoms with van der Waals surface area (Å²) in [5, 5.41) is 2.10. The number of aryl methyl sites for hydroxylation is 4. The van der Waals surface area contributed by atoms with Crippen molar-refractivity contribution in [3.05, 3.63) is 213 Å². The van der Waals surface area contributed by atoms with Crippen molar-refractivity contribution < 1.29 is 0 Å². The Labute approximate surface area is 330 Å². The highest BCUT2D eigenvalue weighted by Crippen LogP contribution is 2.58. The monoisotopic (exact) mass is 744 g/mol. The summed E-state index contributed by atoms with van der Waals surface area (Å²) in [6, 6.07) is 56.7. The van der Waals surface area contributed by atoms with Crippen LogP contribution in [-0.4, -0.2) is 9.97 Å². The molecule has 0 aliphatic heterocycles. The molecule has 0 fully saturated rings. The molecule has 0 saturated carbocycles. The summed E-state index contributed by atoms with van der Waals surface area (Å²) in [5.74, 6) is 0. The Bertz CT molecular complexity index is 2820. The van der Waals surface area contributed by atoms with Crippen LogP contribution in [-0.2, 0) is 10.8 Å². The van der Waals surface area contributed by atoms with Crippen LogP contribution in [0.1, 0.15) is 68.1 Å². The molecule has 0 amide bonds. The molecule has 10 rings (SSSR count). The van der Waals surface area contributed by atoms with Crippen molar-refractivity contribution in [1.29, 1.82) is 0 Å². The van der Waals surface area contributed by atoms with E-state index in [1.165, 1.54) is 70.6 Å². The van der Waals surface area contributed by atoms with Crippen molar-refractivity contribution in [3.8, 4) is 21.1 Å². The molecule has 0 unspecified atom stereocenters. The minimum absolute atomic E-state index is 0.439. The first kappa shape index (κ1) is 33.9. The standard InChI is InChI=1S/C51H40N2S2/c1-31-25-44-46(27-33(31)3)54-48(52-44)35-15-13-19-38(29-35)50(5)40-21-9-11-23-42(40)51(37-17-7-6-8-18-37,43-24-12-10-22-41(43)50)39-20-14-16-36(30-39)49-53-45-26-32(2)34(4)28-47(45)55-49/h6-30H,1-5H3. The molecular formula is C51H40N2S2. The van der Waals surface area contributed by atoms with Crippen molar-refractivity contribution in [3.63, 3.8) is 0 Å². The molecule has 266 valence electrons. The highest BCUT2D eigenvalue weighted by Gasteiger charge is 2.51. The van der Waals surface area contributed by atoms with Crippen LogP contribution in [0.3, 0.4) is 0 Å². The van der Waals surface area contributed by atoms with Gasteiger partial charge in [-0.15, -0.1) is 22.7 Å². The lowest BCUT2D eigenvalue weighted by molar-refractivity contribution is 0.589. The van der Waals surface area contributed by atoms with Gasteiger partial charge >= 0.3 is 0 Å². The van der Waals surface area contributed by atoms with Gasteiger partial charge in [-0.1, -0.05) is 115 Å². The van der Waals surface area contributed by atoms with E-state index in [1.807, 2.05) is 0 Å². The van der Waals surface area contributed by atoms with Crippen LogP contribution in [0.15, 0.2) is 152 Å². The Kier molecular flexibility index (Phi) is 7.81. The molecule has 2 nitrogen and oxygen atoms in total. The third-order valence-electron chi connectivity index (χ3n) is 12.2. The fourth-order valence-electron chi connectivity index (χ4n) is 9.03.